The summed E-state index contributed by atoms with van der Waals surface area (Å²) < 4.78 is 5.35. The Bertz CT molecular complexity index is 309. The SMILES string of the molecule is O=C(O)C1(N2CCOCC2)CN2CCC1CC2. The molecule has 1 unspecified atom stereocenters. The van der Waals surface area contributed by atoms with Gasteiger partial charge in [-0.1, -0.05) is 0 Å². The van der Waals surface area contributed by atoms with E-state index in [4.69, 9.17) is 4.74 Å². The van der Waals surface area contributed by atoms with E-state index >= 15 is 0 Å². The number of morpholine rings is 1. The molecule has 0 saturated carbocycles. The summed E-state index contributed by atoms with van der Waals surface area (Å²) in [5.41, 5.74) is -0.639. The number of piperidine rings is 3. The first-order valence-electron chi connectivity index (χ1n) is 6.52. The molecule has 4 heterocycles. The van der Waals surface area contributed by atoms with Gasteiger partial charge in [0.1, 0.15) is 5.54 Å². The molecule has 0 aromatic rings. The average molecular weight is 240 g/mol. The van der Waals surface area contributed by atoms with Crippen molar-refractivity contribution in [3.8, 4) is 0 Å². The van der Waals surface area contributed by atoms with Gasteiger partial charge in [0, 0.05) is 19.6 Å². The lowest BCUT2D eigenvalue weighted by Crippen LogP contribution is -2.72. The van der Waals surface area contributed by atoms with E-state index in [1.165, 1.54) is 0 Å². The molecule has 5 nitrogen and oxygen atoms in total. The van der Waals surface area contributed by atoms with Crippen LogP contribution in [0.5, 0.6) is 0 Å². The third kappa shape index (κ3) is 1.68. The van der Waals surface area contributed by atoms with E-state index in [1.54, 1.807) is 0 Å². The zero-order valence-electron chi connectivity index (χ0n) is 10.1. The van der Waals surface area contributed by atoms with Crippen LogP contribution in [-0.4, -0.2) is 72.4 Å². The van der Waals surface area contributed by atoms with Crippen LogP contribution < -0.4 is 0 Å². The summed E-state index contributed by atoms with van der Waals surface area (Å²) in [7, 11) is 0. The van der Waals surface area contributed by atoms with Crippen molar-refractivity contribution in [1.29, 1.82) is 0 Å². The molecule has 17 heavy (non-hydrogen) atoms. The monoisotopic (exact) mass is 240 g/mol. The molecule has 4 rings (SSSR count). The van der Waals surface area contributed by atoms with Crippen LogP contribution >= 0.6 is 0 Å². The molecule has 4 fully saturated rings. The molecule has 0 amide bonds. The Balaban J connectivity index is 1.89. The third-order valence-electron chi connectivity index (χ3n) is 4.67. The third-order valence-corrected chi connectivity index (χ3v) is 4.67. The van der Waals surface area contributed by atoms with Crippen molar-refractivity contribution in [2.75, 3.05) is 45.9 Å². The number of hydrogen-bond acceptors (Lipinski definition) is 4. The van der Waals surface area contributed by atoms with Gasteiger partial charge in [-0.15, -0.1) is 0 Å². The van der Waals surface area contributed by atoms with Gasteiger partial charge in [0.05, 0.1) is 13.2 Å². The van der Waals surface area contributed by atoms with E-state index in [2.05, 4.69) is 9.80 Å². The maximum atomic E-state index is 11.9. The van der Waals surface area contributed by atoms with Gasteiger partial charge in [-0.3, -0.25) is 9.69 Å². The Morgan fingerprint density at radius 1 is 1.18 bits per heavy atom. The van der Waals surface area contributed by atoms with E-state index in [1.807, 2.05) is 0 Å². The van der Waals surface area contributed by atoms with Crippen molar-refractivity contribution in [3.05, 3.63) is 0 Å². The lowest BCUT2D eigenvalue weighted by Gasteiger charge is -2.56. The number of carbonyl (C=O) groups is 1. The van der Waals surface area contributed by atoms with Gasteiger partial charge in [0.25, 0.3) is 0 Å². The first kappa shape index (κ1) is 11.4. The Hall–Kier alpha value is -0.650. The molecular weight excluding hydrogens is 220 g/mol. The van der Waals surface area contributed by atoms with Crippen LogP contribution in [-0.2, 0) is 9.53 Å². The Kier molecular flexibility index (Phi) is 2.84. The van der Waals surface area contributed by atoms with Gasteiger partial charge in [-0.2, -0.15) is 0 Å². The van der Waals surface area contributed by atoms with Crippen LogP contribution in [0.1, 0.15) is 12.8 Å². The predicted octanol–water partition coefficient (Wildman–Crippen LogP) is -0.132. The summed E-state index contributed by atoms with van der Waals surface area (Å²) in [5, 5.41) is 9.75. The van der Waals surface area contributed by atoms with E-state index in [-0.39, 0.29) is 0 Å². The maximum Gasteiger partial charge on any atom is 0.325 e. The fourth-order valence-electron chi connectivity index (χ4n) is 3.74. The molecule has 1 atom stereocenters. The predicted molar refractivity (Wildman–Crippen MR) is 61.9 cm³/mol. The smallest absolute Gasteiger partial charge is 0.325 e. The Morgan fingerprint density at radius 2 is 1.82 bits per heavy atom. The summed E-state index contributed by atoms with van der Waals surface area (Å²) in [6.07, 6.45) is 2.06. The van der Waals surface area contributed by atoms with Crippen LogP contribution in [0.15, 0.2) is 0 Å². The molecule has 1 N–H and O–H groups in total. The number of rotatable bonds is 2. The van der Waals surface area contributed by atoms with Gasteiger partial charge >= 0.3 is 5.97 Å². The summed E-state index contributed by atoms with van der Waals surface area (Å²) >= 11 is 0. The molecule has 0 spiro atoms. The van der Waals surface area contributed by atoms with Crippen LogP contribution in [0.25, 0.3) is 0 Å². The van der Waals surface area contributed by atoms with Crippen molar-refractivity contribution in [1.82, 2.24) is 9.80 Å². The number of nitrogens with zero attached hydrogens (tertiary/aromatic N) is 2. The van der Waals surface area contributed by atoms with Gasteiger partial charge in [0.15, 0.2) is 0 Å². The highest BCUT2D eigenvalue weighted by Gasteiger charge is 2.55. The number of carboxylic acid groups (broad SMARTS) is 1. The highest BCUT2D eigenvalue weighted by molar-refractivity contribution is 5.80. The molecule has 96 valence electrons. The second-order valence-electron chi connectivity index (χ2n) is 5.38. The Labute approximate surface area is 101 Å². The molecule has 0 radical (unpaired) electrons. The standard InChI is InChI=1S/C12H20N2O3/c15-11(16)12(14-5-7-17-8-6-14)9-13-3-1-10(12)2-4-13/h10H,1-9H2,(H,15,16). The van der Waals surface area contributed by atoms with Crippen molar-refractivity contribution >= 4 is 5.97 Å². The van der Waals surface area contributed by atoms with E-state index in [0.717, 1.165) is 39.0 Å². The van der Waals surface area contributed by atoms with Crippen LogP contribution in [0, 0.1) is 5.92 Å². The molecule has 0 aliphatic carbocycles. The lowest BCUT2D eigenvalue weighted by atomic mass is 9.71. The largest absolute Gasteiger partial charge is 0.480 e. The Morgan fingerprint density at radius 3 is 2.29 bits per heavy atom. The molecule has 5 heteroatoms. The normalized spacial score (nSPS) is 42.6. The van der Waals surface area contributed by atoms with Crippen LogP contribution in [0.2, 0.25) is 0 Å². The highest BCUT2D eigenvalue weighted by Crippen LogP contribution is 2.40. The van der Waals surface area contributed by atoms with Crippen LogP contribution in [0.3, 0.4) is 0 Å². The highest BCUT2D eigenvalue weighted by atomic mass is 16.5. The fraction of sp³-hybridized carbons (Fsp3) is 0.917. The second kappa shape index (κ2) is 4.23. The van der Waals surface area contributed by atoms with Crippen molar-refractivity contribution in [2.45, 2.75) is 18.4 Å². The minimum absolute atomic E-state index is 0.322. The lowest BCUT2D eigenvalue weighted by molar-refractivity contribution is -0.173. The molecule has 4 aliphatic rings. The summed E-state index contributed by atoms with van der Waals surface area (Å²) in [6, 6.07) is 0. The fourth-order valence-corrected chi connectivity index (χ4v) is 3.74. The summed E-state index contributed by atoms with van der Waals surface area (Å²) in [5.74, 6) is -0.308. The zero-order chi connectivity index (χ0) is 11.9. The summed E-state index contributed by atoms with van der Waals surface area (Å²) in [4.78, 5) is 16.3. The van der Waals surface area contributed by atoms with E-state index in [0.29, 0.717) is 25.7 Å². The molecule has 4 saturated heterocycles. The maximum absolute atomic E-state index is 11.9. The minimum atomic E-state index is -0.639. The quantitative estimate of drug-likeness (QED) is 0.728. The van der Waals surface area contributed by atoms with Crippen LogP contribution in [0.4, 0.5) is 0 Å². The van der Waals surface area contributed by atoms with Gasteiger partial charge in [-0.25, -0.2) is 0 Å². The number of fused-ring (bicyclic) bond motifs is 3. The van der Waals surface area contributed by atoms with Gasteiger partial charge in [0.2, 0.25) is 0 Å². The minimum Gasteiger partial charge on any atom is -0.480 e. The number of ether oxygens (including phenoxy) is 1. The first-order chi connectivity index (χ1) is 8.23. The first-order valence-corrected chi connectivity index (χ1v) is 6.52. The average Bonchev–Trinajstić information content (AvgIpc) is 2.40. The number of carboxylic acids is 1. The topological polar surface area (TPSA) is 53.0 Å². The second-order valence-corrected chi connectivity index (χ2v) is 5.38. The van der Waals surface area contributed by atoms with E-state index in [9.17, 15) is 9.90 Å². The molecule has 2 bridgehead atoms. The van der Waals surface area contributed by atoms with Crippen molar-refractivity contribution in [2.24, 2.45) is 5.92 Å². The summed E-state index contributed by atoms with van der Waals surface area (Å²) in [6.45, 7) is 5.71. The van der Waals surface area contributed by atoms with Crippen molar-refractivity contribution in [3.63, 3.8) is 0 Å². The number of aliphatic carboxylic acids is 1. The molecular formula is C12H20N2O3. The van der Waals surface area contributed by atoms with Gasteiger partial charge < -0.3 is 14.7 Å². The van der Waals surface area contributed by atoms with Gasteiger partial charge in [-0.05, 0) is 31.8 Å². The van der Waals surface area contributed by atoms with Crippen molar-refractivity contribution < 1.29 is 14.6 Å². The molecule has 0 aromatic carbocycles. The molecule has 4 aliphatic heterocycles. The number of hydrogen-bond donors (Lipinski definition) is 1. The van der Waals surface area contributed by atoms with E-state index < -0.39 is 11.5 Å². The zero-order valence-corrected chi connectivity index (χ0v) is 10.1. The molecule has 0 aromatic heterocycles.